The van der Waals surface area contributed by atoms with Gasteiger partial charge in [0.15, 0.2) is 0 Å². The molecule has 88 valence electrons. The van der Waals surface area contributed by atoms with Gasteiger partial charge in [0.05, 0.1) is 6.42 Å². The average molecular weight is 216 g/mol. The monoisotopic (exact) mass is 216 g/mol. The van der Waals surface area contributed by atoms with Crippen LogP contribution in [0.5, 0.6) is 0 Å². The van der Waals surface area contributed by atoms with Crippen molar-refractivity contribution in [2.24, 2.45) is 11.1 Å². The Morgan fingerprint density at radius 2 is 1.93 bits per heavy atom. The predicted octanol–water partition coefficient (Wildman–Crippen LogP) is 0.341. The second-order valence-electron chi connectivity index (χ2n) is 4.83. The van der Waals surface area contributed by atoms with Gasteiger partial charge in [-0.3, -0.25) is 9.59 Å². The Labute approximate surface area is 90.0 Å². The van der Waals surface area contributed by atoms with Crippen molar-refractivity contribution in [1.82, 2.24) is 5.32 Å². The number of carbonyl (C=O) groups is 2. The van der Waals surface area contributed by atoms with E-state index in [0.717, 1.165) is 6.42 Å². The Hall–Kier alpha value is -1.10. The zero-order valence-corrected chi connectivity index (χ0v) is 9.54. The van der Waals surface area contributed by atoms with Crippen LogP contribution in [0.25, 0.3) is 0 Å². The number of carboxylic acid groups (broad SMARTS) is 1. The van der Waals surface area contributed by atoms with Crippen molar-refractivity contribution in [1.29, 1.82) is 0 Å². The Morgan fingerprint density at radius 1 is 1.40 bits per heavy atom. The minimum atomic E-state index is -1.04. The zero-order chi connectivity index (χ0) is 12.1. The molecule has 0 aromatic rings. The second-order valence-corrected chi connectivity index (χ2v) is 4.83. The molecule has 0 rings (SSSR count). The van der Waals surface area contributed by atoms with E-state index < -0.39 is 17.9 Å². The highest BCUT2D eigenvalue weighted by molar-refractivity contribution is 5.83. The van der Waals surface area contributed by atoms with Gasteiger partial charge in [-0.2, -0.15) is 0 Å². The molecule has 0 aliphatic heterocycles. The van der Waals surface area contributed by atoms with Gasteiger partial charge in [0.25, 0.3) is 0 Å². The van der Waals surface area contributed by atoms with Crippen LogP contribution in [0.4, 0.5) is 0 Å². The van der Waals surface area contributed by atoms with Crippen molar-refractivity contribution in [2.75, 3.05) is 6.54 Å². The van der Waals surface area contributed by atoms with Crippen LogP contribution < -0.4 is 11.1 Å². The van der Waals surface area contributed by atoms with Crippen LogP contribution >= 0.6 is 0 Å². The number of carboxylic acids is 1. The van der Waals surface area contributed by atoms with Crippen molar-refractivity contribution < 1.29 is 14.7 Å². The van der Waals surface area contributed by atoms with Gasteiger partial charge in [0.1, 0.15) is 6.04 Å². The first kappa shape index (κ1) is 13.9. The fourth-order valence-corrected chi connectivity index (χ4v) is 1.07. The summed E-state index contributed by atoms with van der Waals surface area (Å²) in [7, 11) is 0. The third-order valence-electron chi connectivity index (χ3n) is 1.97. The van der Waals surface area contributed by atoms with Gasteiger partial charge >= 0.3 is 5.97 Å². The maximum Gasteiger partial charge on any atom is 0.321 e. The Morgan fingerprint density at radius 3 is 2.27 bits per heavy atom. The fourth-order valence-electron chi connectivity index (χ4n) is 1.07. The summed E-state index contributed by atoms with van der Waals surface area (Å²) in [6.45, 7) is 6.77. The molecule has 5 heteroatoms. The summed E-state index contributed by atoms with van der Waals surface area (Å²) >= 11 is 0. The molecule has 0 spiro atoms. The first-order valence-corrected chi connectivity index (χ1v) is 4.97. The Balaban J connectivity index is 3.98. The van der Waals surface area contributed by atoms with E-state index in [0.29, 0.717) is 6.54 Å². The molecule has 0 bridgehead atoms. The molecule has 1 atom stereocenters. The summed E-state index contributed by atoms with van der Waals surface area (Å²) in [5.74, 6) is -1.65. The van der Waals surface area contributed by atoms with Crippen LogP contribution in [-0.4, -0.2) is 29.6 Å². The topological polar surface area (TPSA) is 92.4 Å². The highest BCUT2D eigenvalue weighted by Gasteiger charge is 2.20. The molecule has 0 unspecified atom stereocenters. The number of nitrogens with one attached hydrogen (secondary N) is 1. The summed E-state index contributed by atoms with van der Waals surface area (Å²) in [5.41, 5.74) is 5.09. The van der Waals surface area contributed by atoms with Crippen LogP contribution in [0.1, 0.15) is 33.6 Å². The number of aliphatic carboxylic acids is 1. The molecule has 0 aromatic heterocycles. The molecular formula is C10H20N2O3. The smallest absolute Gasteiger partial charge is 0.321 e. The second kappa shape index (κ2) is 5.70. The molecule has 0 aliphatic carbocycles. The van der Waals surface area contributed by atoms with Gasteiger partial charge in [0, 0.05) is 0 Å². The molecule has 0 aliphatic rings. The molecule has 15 heavy (non-hydrogen) atoms. The van der Waals surface area contributed by atoms with Crippen molar-refractivity contribution in [3.63, 3.8) is 0 Å². The number of primary amides is 1. The summed E-state index contributed by atoms with van der Waals surface area (Å²) in [4.78, 5) is 21.3. The van der Waals surface area contributed by atoms with Crippen molar-refractivity contribution >= 4 is 11.9 Å². The van der Waals surface area contributed by atoms with Crippen LogP contribution in [0.15, 0.2) is 0 Å². The SMILES string of the molecule is CC(C)(C)CCN[C@@H](CC(N)=O)C(=O)O. The number of rotatable bonds is 6. The van der Waals surface area contributed by atoms with Crippen LogP contribution in [0.2, 0.25) is 0 Å². The van der Waals surface area contributed by atoms with E-state index in [-0.39, 0.29) is 11.8 Å². The van der Waals surface area contributed by atoms with Gasteiger partial charge < -0.3 is 16.2 Å². The van der Waals surface area contributed by atoms with E-state index in [2.05, 4.69) is 26.1 Å². The van der Waals surface area contributed by atoms with Crippen molar-refractivity contribution in [3.8, 4) is 0 Å². The maximum atomic E-state index is 10.7. The number of nitrogens with two attached hydrogens (primary N) is 1. The lowest BCUT2D eigenvalue weighted by Gasteiger charge is -2.20. The average Bonchev–Trinajstić information content (AvgIpc) is 1.99. The van der Waals surface area contributed by atoms with Crippen LogP contribution in [-0.2, 0) is 9.59 Å². The maximum absolute atomic E-state index is 10.7. The molecule has 0 saturated carbocycles. The molecule has 1 amide bonds. The summed E-state index contributed by atoms with van der Waals surface area (Å²) in [6.07, 6.45) is 0.676. The highest BCUT2D eigenvalue weighted by Crippen LogP contribution is 2.17. The van der Waals surface area contributed by atoms with E-state index in [1.807, 2.05) is 0 Å². The number of amides is 1. The molecule has 0 fully saturated rings. The number of hydrogen-bond donors (Lipinski definition) is 3. The van der Waals surface area contributed by atoms with Gasteiger partial charge in [0.2, 0.25) is 5.91 Å². The summed E-state index contributed by atoms with van der Waals surface area (Å²) < 4.78 is 0. The fraction of sp³-hybridized carbons (Fsp3) is 0.800. The van der Waals surface area contributed by atoms with E-state index in [9.17, 15) is 9.59 Å². The van der Waals surface area contributed by atoms with E-state index in [1.54, 1.807) is 0 Å². The molecule has 0 saturated heterocycles. The van der Waals surface area contributed by atoms with Crippen LogP contribution in [0.3, 0.4) is 0 Å². The third kappa shape index (κ3) is 7.93. The molecule has 5 nitrogen and oxygen atoms in total. The van der Waals surface area contributed by atoms with Gasteiger partial charge in [-0.05, 0) is 18.4 Å². The molecule has 4 N–H and O–H groups in total. The van der Waals surface area contributed by atoms with Gasteiger partial charge in [-0.25, -0.2) is 0 Å². The molecular weight excluding hydrogens is 196 g/mol. The third-order valence-corrected chi connectivity index (χ3v) is 1.97. The van der Waals surface area contributed by atoms with Crippen LogP contribution in [0, 0.1) is 5.41 Å². The highest BCUT2D eigenvalue weighted by atomic mass is 16.4. The number of carbonyl (C=O) groups excluding carboxylic acids is 1. The zero-order valence-electron chi connectivity index (χ0n) is 9.54. The van der Waals surface area contributed by atoms with Gasteiger partial charge in [-0.1, -0.05) is 20.8 Å². The quantitative estimate of drug-likeness (QED) is 0.597. The minimum Gasteiger partial charge on any atom is -0.480 e. The first-order valence-electron chi connectivity index (χ1n) is 4.97. The van der Waals surface area contributed by atoms with Gasteiger partial charge in [-0.15, -0.1) is 0 Å². The van der Waals surface area contributed by atoms with E-state index >= 15 is 0 Å². The lowest BCUT2D eigenvalue weighted by Crippen LogP contribution is -2.41. The van der Waals surface area contributed by atoms with E-state index in [4.69, 9.17) is 10.8 Å². The lowest BCUT2D eigenvalue weighted by molar-refractivity contribution is -0.141. The Kier molecular flexibility index (Phi) is 5.28. The predicted molar refractivity (Wildman–Crippen MR) is 57.3 cm³/mol. The van der Waals surface area contributed by atoms with Crippen molar-refractivity contribution in [2.45, 2.75) is 39.7 Å². The molecule has 0 radical (unpaired) electrons. The lowest BCUT2D eigenvalue weighted by atomic mass is 9.92. The number of hydrogen-bond acceptors (Lipinski definition) is 3. The summed E-state index contributed by atoms with van der Waals surface area (Å²) in [5, 5.41) is 11.6. The largest absolute Gasteiger partial charge is 0.480 e. The minimum absolute atomic E-state index is 0.142. The Bertz CT molecular complexity index is 233. The van der Waals surface area contributed by atoms with E-state index in [1.165, 1.54) is 0 Å². The van der Waals surface area contributed by atoms with Crippen molar-refractivity contribution in [3.05, 3.63) is 0 Å². The normalized spacial score (nSPS) is 13.5. The summed E-state index contributed by atoms with van der Waals surface area (Å²) in [6, 6.07) is -0.871. The molecule has 0 heterocycles. The standard InChI is InChI=1S/C10H20N2O3/c1-10(2,3)4-5-12-7(9(14)15)6-8(11)13/h7,12H,4-6H2,1-3H3,(H2,11,13)(H,14,15)/t7-/m0/s1. The molecule has 0 aromatic carbocycles. The first-order chi connectivity index (χ1) is 6.72.